The lowest BCUT2D eigenvalue weighted by Gasteiger charge is -2.07. The highest BCUT2D eigenvalue weighted by atomic mass is 35.5. The van der Waals surface area contributed by atoms with Gasteiger partial charge in [0.15, 0.2) is 16.8 Å². The van der Waals surface area contributed by atoms with Gasteiger partial charge in [-0.3, -0.25) is 20.4 Å². The molecule has 0 unspecified atom stereocenters. The Bertz CT molecular complexity index is 1190. The van der Waals surface area contributed by atoms with Crippen LogP contribution in [-0.4, -0.2) is 28.3 Å². The molecule has 2 aromatic heterocycles. The van der Waals surface area contributed by atoms with Gasteiger partial charge in [0.25, 0.3) is 5.91 Å². The third-order valence-electron chi connectivity index (χ3n) is 4.29. The van der Waals surface area contributed by atoms with Gasteiger partial charge in [0.1, 0.15) is 0 Å². The minimum Gasteiger partial charge on any atom is -0.441 e. The topological polar surface area (TPSA) is 109 Å². The maximum atomic E-state index is 12.0. The highest BCUT2D eigenvalue weighted by Gasteiger charge is 2.12. The number of thiazole rings is 1. The number of nitrogens with one attached hydrogen (secondary N) is 3. The van der Waals surface area contributed by atoms with Crippen molar-refractivity contribution in [3.8, 4) is 11.3 Å². The molecule has 0 aliphatic rings. The number of hydrogen-bond donors (Lipinski definition) is 3. The fourth-order valence-corrected chi connectivity index (χ4v) is 3.87. The molecule has 0 radical (unpaired) electrons. The van der Waals surface area contributed by atoms with Gasteiger partial charge in [-0.05, 0) is 24.3 Å². The van der Waals surface area contributed by atoms with Crippen LogP contribution in [0.1, 0.15) is 12.3 Å². The van der Waals surface area contributed by atoms with Crippen molar-refractivity contribution in [3.05, 3.63) is 65.6 Å². The number of nitrogens with zero attached hydrogens (tertiary/aromatic N) is 2. The lowest BCUT2D eigenvalue weighted by atomic mass is 10.2. The van der Waals surface area contributed by atoms with Crippen molar-refractivity contribution in [1.82, 2.24) is 20.8 Å². The molecular weight excluding hydrogens is 438 g/mol. The number of carbonyl (C=O) groups excluding carboxylic acids is 2. The van der Waals surface area contributed by atoms with E-state index in [1.807, 2.05) is 42.5 Å². The Morgan fingerprint density at radius 2 is 1.81 bits per heavy atom. The monoisotopic (exact) mass is 455 g/mol. The highest BCUT2D eigenvalue weighted by molar-refractivity contribution is 7.22. The fourth-order valence-electron chi connectivity index (χ4n) is 2.78. The van der Waals surface area contributed by atoms with Crippen molar-refractivity contribution >= 4 is 50.1 Å². The van der Waals surface area contributed by atoms with Crippen LogP contribution in [0, 0.1) is 0 Å². The second-order valence-electron chi connectivity index (χ2n) is 6.53. The van der Waals surface area contributed by atoms with Crippen molar-refractivity contribution in [2.75, 3.05) is 11.9 Å². The average Bonchev–Trinajstić information content (AvgIpc) is 3.42. The number of aryl methyl sites for hydroxylation is 1. The smallest absolute Gasteiger partial charge is 0.257 e. The number of hydrazine groups is 1. The number of aromatic nitrogens is 2. The number of rotatable bonds is 7. The second-order valence-corrected chi connectivity index (χ2v) is 7.97. The molecule has 0 fully saturated rings. The standard InChI is InChI=1S/C21H18ClN5O3S/c22-14-6-2-1-5-13(14)16-11-23-20(30-16)10-9-18(28)26-27-19(29)12-24-21-25-15-7-3-4-8-17(15)31-21/h1-8,11H,9-10,12H2,(H,24,25)(H,26,28)(H,27,29). The molecule has 0 spiro atoms. The van der Waals surface area contributed by atoms with Crippen LogP contribution < -0.4 is 16.2 Å². The van der Waals surface area contributed by atoms with E-state index in [2.05, 4.69) is 26.1 Å². The van der Waals surface area contributed by atoms with Gasteiger partial charge in [-0.2, -0.15) is 0 Å². The molecule has 8 nitrogen and oxygen atoms in total. The SMILES string of the molecule is O=C(CCc1ncc(-c2ccccc2Cl)o1)NNC(=O)CNc1nc2ccccc2s1. The van der Waals surface area contributed by atoms with Gasteiger partial charge in [0.05, 0.1) is 28.0 Å². The summed E-state index contributed by atoms with van der Waals surface area (Å²) in [5.41, 5.74) is 6.35. The minimum atomic E-state index is -0.385. The van der Waals surface area contributed by atoms with Crippen LogP contribution in [0.5, 0.6) is 0 Å². The van der Waals surface area contributed by atoms with Crippen LogP contribution in [0.2, 0.25) is 5.02 Å². The van der Waals surface area contributed by atoms with Crippen molar-refractivity contribution < 1.29 is 14.0 Å². The second kappa shape index (κ2) is 9.59. The van der Waals surface area contributed by atoms with E-state index in [9.17, 15) is 9.59 Å². The van der Waals surface area contributed by atoms with E-state index in [0.29, 0.717) is 21.8 Å². The summed E-state index contributed by atoms with van der Waals surface area (Å²) >= 11 is 7.61. The van der Waals surface area contributed by atoms with Gasteiger partial charge in [0, 0.05) is 18.4 Å². The Kier molecular flexibility index (Phi) is 6.44. The summed E-state index contributed by atoms with van der Waals surface area (Å²) in [5, 5.41) is 4.15. The molecule has 0 bridgehead atoms. The highest BCUT2D eigenvalue weighted by Crippen LogP contribution is 2.28. The molecular formula is C21H18ClN5O3S. The summed E-state index contributed by atoms with van der Waals surface area (Å²) in [5.74, 6) is 0.208. The van der Waals surface area contributed by atoms with E-state index in [1.54, 1.807) is 12.3 Å². The maximum absolute atomic E-state index is 12.0. The molecule has 0 saturated heterocycles. The Morgan fingerprint density at radius 3 is 2.65 bits per heavy atom. The van der Waals surface area contributed by atoms with E-state index in [1.165, 1.54) is 11.3 Å². The quantitative estimate of drug-likeness (QED) is 0.366. The van der Waals surface area contributed by atoms with Gasteiger partial charge >= 0.3 is 0 Å². The Labute approximate surface area is 186 Å². The first-order valence-corrected chi connectivity index (χ1v) is 10.6. The fraction of sp³-hybridized carbons (Fsp3) is 0.143. The van der Waals surface area contributed by atoms with E-state index < -0.39 is 0 Å². The largest absolute Gasteiger partial charge is 0.441 e. The van der Waals surface area contributed by atoms with Gasteiger partial charge in [-0.25, -0.2) is 9.97 Å². The van der Waals surface area contributed by atoms with Crippen molar-refractivity contribution in [2.24, 2.45) is 0 Å². The number of oxazole rings is 1. The summed E-state index contributed by atoms with van der Waals surface area (Å²) in [6.45, 7) is -0.0129. The van der Waals surface area contributed by atoms with Crippen LogP contribution in [0.25, 0.3) is 21.5 Å². The Balaban J connectivity index is 1.20. The number of carbonyl (C=O) groups is 2. The average molecular weight is 456 g/mol. The molecule has 31 heavy (non-hydrogen) atoms. The molecule has 4 rings (SSSR count). The summed E-state index contributed by atoms with van der Waals surface area (Å²) < 4.78 is 6.69. The molecule has 0 aliphatic carbocycles. The maximum Gasteiger partial charge on any atom is 0.257 e. The van der Waals surface area contributed by atoms with Crippen molar-refractivity contribution in [2.45, 2.75) is 12.8 Å². The zero-order valence-electron chi connectivity index (χ0n) is 16.2. The number of fused-ring (bicyclic) bond motifs is 1. The number of amides is 2. The van der Waals surface area contributed by atoms with Crippen LogP contribution in [-0.2, 0) is 16.0 Å². The Morgan fingerprint density at radius 1 is 1.03 bits per heavy atom. The first kappa shape index (κ1) is 20.8. The summed E-state index contributed by atoms with van der Waals surface area (Å²) in [6, 6.07) is 15.0. The third-order valence-corrected chi connectivity index (χ3v) is 5.62. The van der Waals surface area contributed by atoms with Gasteiger partial charge in [-0.15, -0.1) is 0 Å². The van der Waals surface area contributed by atoms with Crippen LogP contribution in [0.15, 0.2) is 59.1 Å². The lowest BCUT2D eigenvalue weighted by molar-refractivity contribution is -0.128. The summed E-state index contributed by atoms with van der Waals surface area (Å²) in [7, 11) is 0. The number of benzene rings is 2. The zero-order valence-corrected chi connectivity index (χ0v) is 17.8. The van der Waals surface area contributed by atoms with E-state index >= 15 is 0 Å². The Hall–Kier alpha value is -3.43. The normalized spacial score (nSPS) is 10.7. The molecule has 0 atom stereocenters. The van der Waals surface area contributed by atoms with Gasteiger partial charge < -0.3 is 9.73 Å². The number of anilines is 1. The van der Waals surface area contributed by atoms with Crippen LogP contribution in [0.3, 0.4) is 0 Å². The van der Waals surface area contributed by atoms with Gasteiger partial charge in [0.2, 0.25) is 5.91 Å². The zero-order chi connectivity index (χ0) is 21.6. The van der Waals surface area contributed by atoms with E-state index in [0.717, 1.165) is 15.8 Å². The predicted molar refractivity (Wildman–Crippen MR) is 120 cm³/mol. The molecule has 2 aromatic carbocycles. The van der Waals surface area contributed by atoms with Crippen molar-refractivity contribution in [3.63, 3.8) is 0 Å². The molecule has 4 aromatic rings. The third kappa shape index (κ3) is 5.39. The molecule has 2 amide bonds. The van der Waals surface area contributed by atoms with E-state index in [-0.39, 0.29) is 31.2 Å². The molecule has 3 N–H and O–H groups in total. The first-order valence-electron chi connectivity index (χ1n) is 9.45. The first-order chi connectivity index (χ1) is 15.1. The van der Waals surface area contributed by atoms with Gasteiger partial charge in [-0.1, -0.05) is 47.2 Å². The van der Waals surface area contributed by atoms with E-state index in [4.69, 9.17) is 16.0 Å². The lowest BCUT2D eigenvalue weighted by Crippen LogP contribution is -2.44. The number of hydrogen-bond acceptors (Lipinski definition) is 7. The predicted octanol–water partition coefficient (Wildman–Crippen LogP) is 3.80. The minimum absolute atomic E-state index is 0.0129. The number of para-hydroxylation sites is 1. The number of halogens is 1. The van der Waals surface area contributed by atoms with Crippen LogP contribution in [0.4, 0.5) is 5.13 Å². The molecule has 10 heteroatoms. The molecule has 2 heterocycles. The molecule has 158 valence electrons. The van der Waals surface area contributed by atoms with Crippen molar-refractivity contribution in [1.29, 1.82) is 0 Å². The van der Waals surface area contributed by atoms with Crippen LogP contribution >= 0.6 is 22.9 Å². The summed E-state index contributed by atoms with van der Waals surface area (Å²) in [4.78, 5) is 32.5. The molecule has 0 aliphatic heterocycles. The summed E-state index contributed by atoms with van der Waals surface area (Å²) in [6.07, 6.45) is 1.97. The molecule has 0 saturated carbocycles.